The van der Waals surface area contributed by atoms with Crippen molar-refractivity contribution in [2.24, 2.45) is 0 Å². The lowest BCUT2D eigenvalue weighted by Gasteiger charge is -2.23. The number of ketones is 1. The van der Waals surface area contributed by atoms with E-state index in [0.29, 0.717) is 0 Å². The standard InChI is InChI=1S/C9H17NO2S2/c1-6(11)7(13-4)8(14-5)9(12)10(2)3/h7-8H,1-5H3. The fourth-order valence-electron chi connectivity index (χ4n) is 1.11. The van der Waals surface area contributed by atoms with Gasteiger partial charge in [0.25, 0.3) is 0 Å². The topological polar surface area (TPSA) is 37.4 Å². The molecule has 0 radical (unpaired) electrons. The summed E-state index contributed by atoms with van der Waals surface area (Å²) < 4.78 is 0. The molecule has 14 heavy (non-hydrogen) atoms. The van der Waals surface area contributed by atoms with Crippen LogP contribution in [0.5, 0.6) is 0 Å². The van der Waals surface area contributed by atoms with Crippen LogP contribution in [-0.4, -0.2) is 53.7 Å². The average molecular weight is 235 g/mol. The highest BCUT2D eigenvalue weighted by molar-refractivity contribution is 8.04. The molecule has 1 amide bonds. The summed E-state index contributed by atoms with van der Waals surface area (Å²) in [5.74, 6) is 0.0686. The molecule has 0 rings (SSSR count). The Kier molecular flexibility index (Phi) is 6.27. The number of nitrogens with zero attached hydrogens (tertiary/aromatic N) is 1. The van der Waals surface area contributed by atoms with E-state index in [1.165, 1.54) is 35.3 Å². The van der Waals surface area contributed by atoms with E-state index in [9.17, 15) is 9.59 Å². The summed E-state index contributed by atoms with van der Waals surface area (Å²) in [7, 11) is 3.42. The molecule has 0 aromatic carbocycles. The van der Waals surface area contributed by atoms with Crippen LogP contribution in [0.4, 0.5) is 0 Å². The van der Waals surface area contributed by atoms with Crippen molar-refractivity contribution >= 4 is 35.2 Å². The third-order valence-corrected chi connectivity index (χ3v) is 4.13. The summed E-state index contributed by atoms with van der Waals surface area (Å²) in [6, 6.07) is 0. The third-order valence-electron chi connectivity index (χ3n) is 1.87. The van der Waals surface area contributed by atoms with Crippen molar-refractivity contribution < 1.29 is 9.59 Å². The maximum Gasteiger partial charge on any atom is 0.236 e. The van der Waals surface area contributed by atoms with Crippen molar-refractivity contribution in [3.8, 4) is 0 Å². The minimum atomic E-state index is -0.266. The van der Waals surface area contributed by atoms with Crippen molar-refractivity contribution in [2.75, 3.05) is 26.6 Å². The largest absolute Gasteiger partial charge is 0.348 e. The first-order chi connectivity index (χ1) is 6.45. The van der Waals surface area contributed by atoms with Gasteiger partial charge in [-0.2, -0.15) is 23.5 Å². The Bertz CT molecular complexity index is 219. The Morgan fingerprint density at radius 3 is 1.71 bits per heavy atom. The molecule has 0 aliphatic carbocycles. The van der Waals surface area contributed by atoms with Gasteiger partial charge in [0.1, 0.15) is 11.0 Å². The molecule has 0 fully saturated rings. The molecule has 2 unspecified atom stereocenters. The van der Waals surface area contributed by atoms with Crippen LogP contribution >= 0.6 is 23.5 Å². The van der Waals surface area contributed by atoms with Crippen LogP contribution in [0.3, 0.4) is 0 Å². The number of carbonyl (C=O) groups is 2. The van der Waals surface area contributed by atoms with E-state index in [2.05, 4.69) is 0 Å². The minimum Gasteiger partial charge on any atom is -0.348 e. The predicted molar refractivity (Wildman–Crippen MR) is 64.0 cm³/mol. The molecule has 0 aromatic heterocycles. The van der Waals surface area contributed by atoms with E-state index < -0.39 is 0 Å². The van der Waals surface area contributed by atoms with Crippen LogP contribution in [0.15, 0.2) is 0 Å². The molecule has 0 bridgehead atoms. The molecular formula is C9H17NO2S2. The first-order valence-electron chi connectivity index (χ1n) is 4.22. The molecule has 0 saturated heterocycles. The zero-order chi connectivity index (χ0) is 11.3. The number of amides is 1. The number of carbonyl (C=O) groups excluding carboxylic acids is 2. The van der Waals surface area contributed by atoms with E-state index in [1.54, 1.807) is 14.1 Å². The molecule has 0 aliphatic heterocycles. The number of hydrogen-bond acceptors (Lipinski definition) is 4. The van der Waals surface area contributed by atoms with Gasteiger partial charge in [-0.25, -0.2) is 0 Å². The molecule has 0 aromatic rings. The van der Waals surface area contributed by atoms with Gasteiger partial charge in [-0.1, -0.05) is 0 Å². The normalized spacial score (nSPS) is 14.6. The molecule has 0 heterocycles. The van der Waals surface area contributed by atoms with Crippen molar-refractivity contribution in [3.05, 3.63) is 0 Å². The minimum absolute atomic E-state index is 0.00653. The monoisotopic (exact) mass is 235 g/mol. The van der Waals surface area contributed by atoms with E-state index in [4.69, 9.17) is 0 Å². The highest BCUT2D eigenvalue weighted by Gasteiger charge is 2.31. The van der Waals surface area contributed by atoms with Crippen LogP contribution in [-0.2, 0) is 9.59 Å². The molecule has 5 heteroatoms. The van der Waals surface area contributed by atoms with Gasteiger partial charge in [0.15, 0.2) is 0 Å². The van der Waals surface area contributed by atoms with Gasteiger partial charge >= 0.3 is 0 Å². The van der Waals surface area contributed by atoms with Crippen LogP contribution in [0.2, 0.25) is 0 Å². The summed E-state index contributed by atoms with van der Waals surface area (Å²) in [5, 5.41) is -0.502. The Labute approximate surface area is 94.0 Å². The first-order valence-corrected chi connectivity index (χ1v) is 6.80. The second-order valence-electron chi connectivity index (χ2n) is 3.16. The molecular weight excluding hydrogens is 218 g/mol. The lowest BCUT2D eigenvalue weighted by Crippen LogP contribution is -2.40. The number of hydrogen-bond donors (Lipinski definition) is 0. The Hall–Kier alpha value is -0.160. The van der Waals surface area contributed by atoms with Gasteiger partial charge in [0.2, 0.25) is 5.91 Å². The lowest BCUT2D eigenvalue weighted by molar-refractivity contribution is -0.129. The van der Waals surface area contributed by atoms with E-state index in [-0.39, 0.29) is 22.2 Å². The van der Waals surface area contributed by atoms with E-state index in [1.807, 2.05) is 12.5 Å². The number of rotatable bonds is 5. The molecule has 0 saturated carbocycles. The second kappa shape index (κ2) is 6.35. The third kappa shape index (κ3) is 3.53. The van der Waals surface area contributed by atoms with Crippen molar-refractivity contribution in [1.29, 1.82) is 0 Å². The summed E-state index contributed by atoms with van der Waals surface area (Å²) >= 11 is 2.87. The van der Waals surface area contributed by atoms with Gasteiger partial charge in [0.05, 0.1) is 5.25 Å². The number of thioether (sulfide) groups is 2. The van der Waals surface area contributed by atoms with Gasteiger partial charge < -0.3 is 4.90 Å². The summed E-state index contributed by atoms with van der Waals surface area (Å²) in [5.41, 5.74) is 0. The van der Waals surface area contributed by atoms with Gasteiger partial charge in [0, 0.05) is 14.1 Å². The quantitative estimate of drug-likeness (QED) is 0.716. The summed E-state index contributed by atoms with van der Waals surface area (Å²) in [4.78, 5) is 24.6. The fourth-order valence-corrected chi connectivity index (χ4v) is 3.32. The Morgan fingerprint density at radius 2 is 1.50 bits per heavy atom. The molecule has 0 spiro atoms. The summed E-state index contributed by atoms with van der Waals surface area (Å²) in [6.45, 7) is 1.54. The van der Waals surface area contributed by atoms with Crippen molar-refractivity contribution in [3.63, 3.8) is 0 Å². The molecule has 0 aliphatic rings. The lowest BCUT2D eigenvalue weighted by atomic mass is 10.2. The van der Waals surface area contributed by atoms with Gasteiger partial charge in [-0.3, -0.25) is 9.59 Å². The highest BCUT2D eigenvalue weighted by Crippen LogP contribution is 2.23. The molecule has 2 atom stereocenters. The molecule has 0 N–H and O–H groups in total. The van der Waals surface area contributed by atoms with Crippen molar-refractivity contribution in [2.45, 2.75) is 17.4 Å². The fraction of sp³-hybridized carbons (Fsp3) is 0.778. The first kappa shape index (κ1) is 13.8. The van der Waals surface area contributed by atoms with E-state index in [0.717, 1.165) is 0 Å². The summed E-state index contributed by atoms with van der Waals surface area (Å²) in [6.07, 6.45) is 3.72. The zero-order valence-electron chi connectivity index (χ0n) is 9.23. The number of Topliss-reactive ketones (excluding diaryl/α,β-unsaturated/α-hetero) is 1. The zero-order valence-corrected chi connectivity index (χ0v) is 10.9. The average Bonchev–Trinajstić information content (AvgIpc) is 2.11. The maximum atomic E-state index is 11.7. The van der Waals surface area contributed by atoms with Crippen LogP contribution in [0.1, 0.15) is 6.92 Å². The van der Waals surface area contributed by atoms with Crippen molar-refractivity contribution in [1.82, 2.24) is 4.90 Å². The van der Waals surface area contributed by atoms with Crippen LogP contribution in [0, 0.1) is 0 Å². The molecule has 3 nitrogen and oxygen atoms in total. The second-order valence-corrected chi connectivity index (χ2v) is 5.11. The Morgan fingerprint density at radius 1 is 1.07 bits per heavy atom. The van der Waals surface area contributed by atoms with Crippen LogP contribution in [0.25, 0.3) is 0 Å². The SMILES string of the molecule is CSC(C(C)=O)C(SC)C(=O)N(C)C. The molecule has 82 valence electrons. The van der Waals surface area contributed by atoms with E-state index >= 15 is 0 Å². The highest BCUT2D eigenvalue weighted by atomic mass is 32.2. The maximum absolute atomic E-state index is 11.7. The Balaban J connectivity index is 4.68. The van der Waals surface area contributed by atoms with Crippen LogP contribution < -0.4 is 0 Å². The predicted octanol–water partition coefficient (Wildman–Crippen LogP) is 1.13. The van der Waals surface area contributed by atoms with Gasteiger partial charge in [-0.05, 0) is 19.4 Å². The van der Waals surface area contributed by atoms with Gasteiger partial charge in [-0.15, -0.1) is 0 Å². The smallest absolute Gasteiger partial charge is 0.236 e.